The lowest BCUT2D eigenvalue weighted by atomic mass is 10.0. The fourth-order valence-corrected chi connectivity index (χ4v) is 1.87. The van der Waals surface area contributed by atoms with Gasteiger partial charge in [-0.05, 0) is 23.6 Å². The highest BCUT2D eigenvalue weighted by molar-refractivity contribution is 5.68. The van der Waals surface area contributed by atoms with Crippen LogP contribution in [0.2, 0.25) is 0 Å². The lowest BCUT2D eigenvalue weighted by Crippen LogP contribution is -2.22. The molecule has 0 aliphatic heterocycles. The highest BCUT2D eigenvalue weighted by Gasteiger charge is 2.01. The first-order valence-electron chi connectivity index (χ1n) is 6.43. The molecule has 2 N–H and O–H groups in total. The molecule has 0 heterocycles. The largest absolute Gasteiger partial charge is 0.392 e. The van der Waals surface area contributed by atoms with Gasteiger partial charge in [0, 0.05) is 12.2 Å². The van der Waals surface area contributed by atoms with Crippen LogP contribution in [-0.2, 0) is 0 Å². The molecule has 0 saturated carbocycles. The van der Waals surface area contributed by atoms with Crippen molar-refractivity contribution in [2.24, 2.45) is 0 Å². The summed E-state index contributed by atoms with van der Waals surface area (Å²) in [5, 5.41) is 12.4. The quantitative estimate of drug-likeness (QED) is 0.857. The molecule has 2 aromatic carbocycles. The van der Waals surface area contributed by atoms with Crippen LogP contribution in [0.5, 0.6) is 0 Å². The molecule has 0 aliphatic carbocycles. The second-order valence-electron chi connectivity index (χ2n) is 4.65. The van der Waals surface area contributed by atoms with Crippen molar-refractivity contribution in [3.8, 4) is 11.1 Å². The average Bonchev–Trinajstić information content (AvgIpc) is 2.46. The summed E-state index contributed by atoms with van der Waals surface area (Å²) in [7, 11) is 0. The predicted molar refractivity (Wildman–Crippen MR) is 80.6 cm³/mol. The molecular weight excluding hydrogens is 234 g/mol. The predicted octanol–water partition coefficient (Wildman–Crippen LogP) is 3.29. The Labute approximate surface area is 114 Å². The SMILES string of the molecule is C=C(NCC(C)O)c1ccc(-c2ccccc2)cc1. The van der Waals surface area contributed by atoms with E-state index in [9.17, 15) is 5.11 Å². The van der Waals surface area contributed by atoms with Crippen molar-refractivity contribution in [3.05, 3.63) is 66.7 Å². The zero-order chi connectivity index (χ0) is 13.7. The van der Waals surface area contributed by atoms with Gasteiger partial charge in [0.2, 0.25) is 0 Å². The molecule has 0 aromatic heterocycles. The Balaban J connectivity index is 2.08. The molecule has 2 aromatic rings. The number of hydrogen-bond donors (Lipinski definition) is 2. The molecule has 2 heteroatoms. The third-order valence-corrected chi connectivity index (χ3v) is 2.95. The van der Waals surface area contributed by atoms with Crippen molar-refractivity contribution in [2.45, 2.75) is 13.0 Å². The molecule has 0 aliphatic rings. The van der Waals surface area contributed by atoms with Crippen LogP contribution in [0.1, 0.15) is 12.5 Å². The number of benzene rings is 2. The minimum atomic E-state index is -0.375. The second-order valence-corrected chi connectivity index (χ2v) is 4.65. The van der Waals surface area contributed by atoms with Gasteiger partial charge in [0.05, 0.1) is 6.10 Å². The van der Waals surface area contributed by atoms with E-state index in [-0.39, 0.29) is 6.10 Å². The summed E-state index contributed by atoms with van der Waals surface area (Å²) in [4.78, 5) is 0. The Morgan fingerprint density at radius 3 is 2.21 bits per heavy atom. The van der Waals surface area contributed by atoms with Gasteiger partial charge in [0.25, 0.3) is 0 Å². The molecule has 0 saturated heterocycles. The summed E-state index contributed by atoms with van der Waals surface area (Å²) in [5.74, 6) is 0. The van der Waals surface area contributed by atoms with Gasteiger partial charge in [-0.15, -0.1) is 0 Å². The van der Waals surface area contributed by atoms with Gasteiger partial charge in [-0.25, -0.2) is 0 Å². The fraction of sp³-hybridized carbons (Fsp3) is 0.176. The van der Waals surface area contributed by atoms with E-state index >= 15 is 0 Å². The molecular formula is C17H19NO. The topological polar surface area (TPSA) is 32.3 Å². The van der Waals surface area contributed by atoms with Gasteiger partial charge in [-0.1, -0.05) is 61.2 Å². The second kappa shape index (κ2) is 6.21. The molecule has 0 amide bonds. The van der Waals surface area contributed by atoms with Gasteiger partial charge in [-0.2, -0.15) is 0 Å². The maximum absolute atomic E-state index is 9.24. The first-order valence-corrected chi connectivity index (χ1v) is 6.43. The molecule has 1 atom stereocenters. The van der Waals surface area contributed by atoms with Crippen molar-refractivity contribution in [1.29, 1.82) is 0 Å². The van der Waals surface area contributed by atoms with E-state index in [4.69, 9.17) is 0 Å². The number of nitrogens with one attached hydrogen (secondary N) is 1. The van der Waals surface area contributed by atoms with Crippen molar-refractivity contribution in [2.75, 3.05) is 6.54 Å². The molecule has 19 heavy (non-hydrogen) atoms. The van der Waals surface area contributed by atoms with Crippen LogP contribution in [0.25, 0.3) is 16.8 Å². The first-order chi connectivity index (χ1) is 9.16. The van der Waals surface area contributed by atoms with E-state index in [0.717, 1.165) is 11.3 Å². The summed E-state index contributed by atoms with van der Waals surface area (Å²) >= 11 is 0. The third-order valence-electron chi connectivity index (χ3n) is 2.95. The zero-order valence-electron chi connectivity index (χ0n) is 11.1. The van der Waals surface area contributed by atoms with Gasteiger partial charge in [-0.3, -0.25) is 0 Å². The summed E-state index contributed by atoms with van der Waals surface area (Å²) in [5.41, 5.74) is 4.27. The summed E-state index contributed by atoms with van der Waals surface area (Å²) in [6.07, 6.45) is -0.375. The molecule has 0 bridgehead atoms. The van der Waals surface area contributed by atoms with Crippen LogP contribution in [0, 0.1) is 0 Å². The summed E-state index contributed by atoms with van der Waals surface area (Å²) in [6, 6.07) is 18.5. The lowest BCUT2D eigenvalue weighted by molar-refractivity contribution is 0.197. The normalized spacial score (nSPS) is 11.9. The van der Waals surface area contributed by atoms with Crippen LogP contribution >= 0.6 is 0 Å². The highest BCUT2D eigenvalue weighted by Crippen LogP contribution is 2.20. The van der Waals surface area contributed by atoms with Crippen molar-refractivity contribution in [1.82, 2.24) is 5.32 Å². The third kappa shape index (κ3) is 3.70. The Morgan fingerprint density at radius 2 is 1.63 bits per heavy atom. The minimum Gasteiger partial charge on any atom is -0.392 e. The standard InChI is InChI=1S/C17H19NO/c1-13(19)12-18-14(2)15-8-10-17(11-9-15)16-6-4-3-5-7-16/h3-11,13,18-19H,2,12H2,1H3. The van der Waals surface area contributed by atoms with Gasteiger partial charge < -0.3 is 10.4 Å². The summed E-state index contributed by atoms with van der Waals surface area (Å²) in [6.45, 7) is 6.24. The Morgan fingerprint density at radius 1 is 1.05 bits per heavy atom. The molecule has 2 rings (SSSR count). The van der Waals surface area contributed by atoms with Crippen molar-refractivity contribution in [3.63, 3.8) is 0 Å². The van der Waals surface area contributed by atoms with Crippen LogP contribution < -0.4 is 5.32 Å². The van der Waals surface area contributed by atoms with E-state index in [1.807, 2.05) is 30.3 Å². The Bertz CT molecular complexity index is 529. The van der Waals surface area contributed by atoms with Crippen LogP contribution in [-0.4, -0.2) is 17.8 Å². The summed E-state index contributed by atoms with van der Waals surface area (Å²) < 4.78 is 0. The average molecular weight is 253 g/mol. The van der Waals surface area contributed by atoms with E-state index in [0.29, 0.717) is 6.54 Å². The lowest BCUT2D eigenvalue weighted by Gasteiger charge is -2.12. The number of hydrogen-bond acceptors (Lipinski definition) is 2. The number of aliphatic hydroxyl groups is 1. The van der Waals surface area contributed by atoms with E-state index in [1.54, 1.807) is 6.92 Å². The van der Waals surface area contributed by atoms with Crippen LogP contribution in [0.3, 0.4) is 0 Å². The molecule has 0 fully saturated rings. The van der Waals surface area contributed by atoms with E-state index < -0.39 is 0 Å². The van der Waals surface area contributed by atoms with Crippen LogP contribution in [0.15, 0.2) is 61.2 Å². The first kappa shape index (κ1) is 13.4. The molecule has 0 radical (unpaired) electrons. The molecule has 2 nitrogen and oxygen atoms in total. The van der Waals surface area contributed by atoms with Gasteiger partial charge in [0.15, 0.2) is 0 Å². The van der Waals surface area contributed by atoms with Crippen molar-refractivity contribution >= 4 is 5.70 Å². The van der Waals surface area contributed by atoms with Crippen LogP contribution in [0.4, 0.5) is 0 Å². The van der Waals surface area contributed by atoms with E-state index in [1.165, 1.54) is 11.1 Å². The smallest absolute Gasteiger partial charge is 0.0684 e. The zero-order valence-corrected chi connectivity index (χ0v) is 11.1. The molecule has 98 valence electrons. The molecule has 1 unspecified atom stereocenters. The fourth-order valence-electron chi connectivity index (χ4n) is 1.87. The van der Waals surface area contributed by atoms with E-state index in [2.05, 4.69) is 36.2 Å². The highest BCUT2D eigenvalue weighted by atomic mass is 16.3. The Kier molecular flexibility index (Phi) is 4.37. The monoisotopic (exact) mass is 253 g/mol. The van der Waals surface area contributed by atoms with Crippen molar-refractivity contribution < 1.29 is 5.11 Å². The number of aliphatic hydroxyl groups excluding tert-OH is 1. The number of rotatable bonds is 5. The van der Waals surface area contributed by atoms with Gasteiger partial charge >= 0.3 is 0 Å². The molecule has 0 spiro atoms. The Hall–Kier alpha value is -2.06. The maximum atomic E-state index is 9.24. The maximum Gasteiger partial charge on any atom is 0.0684 e. The minimum absolute atomic E-state index is 0.375. The van der Waals surface area contributed by atoms with Gasteiger partial charge in [0.1, 0.15) is 0 Å².